The third-order valence-electron chi connectivity index (χ3n) is 5.33. The Balaban J connectivity index is 3.24. The molecule has 180 valence electrons. The van der Waals surface area contributed by atoms with E-state index in [4.69, 9.17) is 18.9 Å². The summed E-state index contributed by atoms with van der Waals surface area (Å²) in [5.74, 6) is 0.393. The first kappa shape index (κ1) is 29.4. The SMILES string of the molecule is CCCCCCCCCOCCOCCOCCCC(=O)OCC(CC)CCCC. The standard InChI is InChI=1S/C25H50O5/c1-4-7-9-10-11-12-13-17-27-19-21-29-22-20-28-18-14-16-25(26)30-23-24(6-3)15-8-5-2/h24H,4-23H2,1-3H3. The number of ether oxygens (including phenoxy) is 4. The molecule has 0 heterocycles. The number of hydrogen-bond acceptors (Lipinski definition) is 5. The lowest BCUT2D eigenvalue weighted by atomic mass is 10.0. The van der Waals surface area contributed by atoms with Gasteiger partial charge in [-0.25, -0.2) is 0 Å². The van der Waals surface area contributed by atoms with E-state index < -0.39 is 0 Å². The molecule has 0 aliphatic carbocycles. The number of hydrogen-bond donors (Lipinski definition) is 0. The zero-order chi connectivity index (χ0) is 22.1. The number of carbonyl (C=O) groups is 1. The minimum absolute atomic E-state index is 0.108. The smallest absolute Gasteiger partial charge is 0.305 e. The van der Waals surface area contributed by atoms with E-state index in [1.807, 2.05) is 0 Å². The van der Waals surface area contributed by atoms with Crippen LogP contribution in [0.3, 0.4) is 0 Å². The Kier molecular flexibility index (Phi) is 24.1. The zero-order valence-corrected chi connectivity index (χ0v) is 20.3. The summed E-state index contributed by atoms with van der Waals surface area (Å²) in [6.07, 6.45) is 14.9. The summed E-state index contributed by atoms with van der Waals surface area (Å²) in [6.45, 7) is 11.0. The van der Waals surface area contributed by atoms with Crippen molar-refractivity contribution in [2.24, 2.45) is 5.92 Å². The molecule has 0 spiro atoms. The van der Waals surface area contributed by atoms with Crippen LogP contribution in [-0.4, -0.2) is 52.2 Å². The molecular formula is C25H50O5. The van der Waals surface area contributed by atoms with E-state index in [2.05, 4.69) is 20.8 Å². The van der Waals surface area contributed by atoms with Gasteiger partial charge < -0.3 is 18.9 Å². The fraction of sp³-hybridized carbons (Fsp3) is 0.960. The summed E-state index contributed by atoms with van der Waals surface area (Å²) in [4.78, 5) is 11.8. The first-order valence-corrected chi connectivity index (χ1v) is 12.6. The number of rotatable bonds is 24. The maximum Gasteiger partial charge on any atom is 0.305 e. The molecule has 0 rings (SSSR count). The molecule has 0 aromatic rings. The van der Waals surface area contributed by atoms with Gasteiger partial charge in [-0.15, -0.1) is 0 Å². The highest BCUT2D eigenvalue weighted by Gasteiger charge is 2.09. The van der Waals surface area contributed by atoms with E-state index in [9.17, 15) is 4.79 Å². The van der Waals surface area contributed by atoms with Gasteiger partial charge in [-0.05, 0) is 25.2 Å². The fourth-order valence-corrected chi connectivity index (χ4v) is 3.20. The molecule has 0 aliphatic rings. The van der Waals surface area contributed by atoms with Crippen LogP contribution >= 0.6 is 0 Å². The van der Waals surface area contributed by atoms with E-state index in [0.29, 0.717) is 58.4 Å². The van der Waals surface area contributed by atoms with Gasteiger partial charge >= 0.3 is 5.97 Å². The van der Waals surface area contributed by atoms with Gasteiger partial charge in [-0.3, -0.25) is 4.79 Å². The van der Waals surface area contributed by atoms with Gasteiger partial charge in [0.2, 0.25) is 0 Å². The molecule has 0 saturated heterocycles. The summed E-state index contributed by atoms with van der Waals surface area (Å²) in [5, 5.41) is 0. The molecule has 30 heavy (non-hydrogen) atoms. The minimum Gasteiger partial charge on any atom is -0.465 e. The predicted octanol–water partition coefficient (Wildman–Crippen LogP) is 6.33. The molecule has 1 unspecified atom stereocenters. The lowest BCUT2D eigenvalue weighted by Gasteiger charge is -2.14. The molecule has 0 aliphatic heterocycles. The van der Waals surface area contributed by atoms with Crippen molar-refractivity contribution in [3.8, 4) is 0 Å². The highest BCUT2D eigenvalue weighted by Crippen LogP contribution is 2.13. The molecule has 5 nitrogen and oxygen atoms in total. The molecule has 0 aromatic carbocycles. The van der Waals surface area contributed by atoms with Crippen LogP contribution in [0.1, 0.15) is 104 Å². The van der Waals surface area contributed by atoms with E-state index in [1.54, 1.807) is 0 Å². The quantitative estimate of drug-likeness (QED) is 0.132. The maximum absolute atomic E-state index is 11.8. The molecule has 1 atom stereocenters. The van der Waals surface area contributed by atoms with Gasteiger partial charge in [-0.2, -0.15) is 0 Å². The van der Waals surface area contributed by atoms with Gasteiger partial charge in [0, 0.05) is 19.6 Å². The highest BCUT2D eigenvalue weighted by atomic mass is 16.5. The summed E-state index contributed by atoms with van der Waals surface area (Å²) in [7, 11) is 0. The molecule has 0 aromatic heterocycles. The molecule has 0 N–H and O–H groups in total. The van der Waals surface area contributed by atoms with Crippen LogP contribution in [0.25, 0.3) is 0 Å². The zero-order valence-electron chi connectivity index (χ0n) is 20.3. The monoisotopic (exact) mass is 430 g/mol. The number of carbonyl (C=O) groups excluding carboxylic acids is 1. The summed E-state index contributed by atoms with van der Waals surface area (Å²) < 4.78 is 22.0. The first-order chi connectivity index (χ1) is 14.7. The lowest BCUT2D eigenvalue weighted by molar-refractivity contribution is -0.145. The van der Waals surface area contributed by atoms with Crippen molar-refractivity contribution >= 4 is 5.97 Å². The second-order valence-electron chi connectivity index (χ2n) is 8.16. The highest BCUT2D eigenvalue weighted by molar-refractivity contribution is 5.69. The van der Waals surface area contributed by atoms with Crippen molar-refractivity contribution in [1.29, 1.82) is 0 Å². The topological polar surface area (TPSA) is 54.0 Å². The Morgan fingerprint density at radius 2 is 1.17 bits per heavy atom. The Morgan fingerprint density at radius 3 is 1.77 bits per heavy atom. The van der Waals surface area contributed by atoms with Crippen LogP contribution in [0.4, 0.5) is 0 Å². The Bertz CT molecular complexity index is 348. The van der Waals surface area contributed by atoms with Crippen molar-refractivity contribution < 1.29 is 23.7 Å². The van der Waals surface area contributed by atoms with Crippen molar-refractivity contribution in [3.05, 3.63) is 0 Å². The van der Waals surface area contributed by atoms with Crippen LogP contribution in [0.5, 0.6) is 0 Å². The third kappa shape index (κ3) is 22.0. The molecule has 5 heteroatoms. The fourth-order valence-electron chi connectivity index (χ4n) is 3.20. The normalized spacial score (nSPS) is 12.2. The number of esters is 1. The molecule has 0 amide bonds. The van der Waals surface area contributed by atoms with E-state index in [0.717, 1.165) is 25.9 Å². The largest absolute Gasteiger partial charge is 0.465 e. The van der Waals surface area contributed by atoms with Gasteiger partial charge in [0.05, 0.1) is 33.0 Å². The number of unbranched alkanes of at least 4 members (excludes halogenated alkanes) is 7. The Hall–Kier alpha value is -0.650. The minimum atomic E-state index is -0.108. The second-order valence-corrected chi connectivity index (χ2v) is 8.16. The average molecular weight is 431 g/mol. The Morgan fingerprint density at radius 1 is 0.633 bits per heavy atom. The lowest BCUT2D eigenvalue weighted by Crippen LogP contribution is -2.14. The summed E-state index contributed by atoms with van der Waals surface area (Å²) >= 11 is 0. The van der Waals surface area contributed by atoms with Crippen LogP contribution in [0.15, 0.2) is 0 Å². The van der Waals surface area contributed by atoms with Crippen LogP contribution in [0.2, 0.25) is 0 Å². The predicted molar refractivity (Wildman–Crippen MR) is 124 cm³/mol. The van der Waals surface area contributed by atoms with Gasteiger partial charge in [0.1, 0.15) is 0 Å². The molecule has 0 radical (unpaired) electrons. The van der Waals surface area contributed by atoms with E-state index in [1.165, 1.54) is 51.4 Å². The summed E-state index contributed by atoms with van der Waals surface area (Å²) in [5.41, 5.74) is 0. The van der Waals surface area contributed by atoms with Crippen LogP contribution in [-0.2, 0) is 23.7 Å². The van der Waals surface area contributed by atoms with E-state index in [-0.39, 0.29) is 5.97 Å². The van der Waals surface area contributed by atoms with Crippen molar-refractivity contribution in [1.82, 2.24) is 0 Å². The third-order valence-corrected chi connectivity index (χ3v) is 5.33. The van der Waals surface area contributed by atoms with Crippen LogP contribution in [0, 0.1) is 5.92 Å². The average Bonchev–Trinajstić information content (AvgIpc) is 2.76. The van der Waals surface area contributed by atoms with Crippen molar-refractivity contribution in [2.75, 3.05) is 46.2 Å². The van der Waals surface area contributed by atoms with Gasteiger partial charge in [0.15, 0.2) is 0 Å². The molecule has 0 saturated carbocycles. The van der Waals surface area contributed by atoms with Gasteiger partial charge in [0.25, 0.3) is 0 Å². The molecule has 0 bridgehead atoms. The summed E-state index contributed by atoms with van der Waals surface area (Å²) in [6, 6.07) is 0. The Labute approximate surface area is 186 Å². The van der Waals surface area contributed by atoms with Gasteiger partial charge in [-0.1, -0.05) is 78.6 Å². The van der Waals surface area contributed by atoms with Crippen LogP contribution < -0.4 is 0 Å². The first-order valence-electron chi connectivity index (χ1n) is 12.6. The molecule has 0 fully saturated rings. The maximum atomic E-state index is 11.8. The van der Waals surface area contributed by atoms with Crippen molar-refractivity contribution in [2.45, 2.75) is 104 Å². The van der Waals surface area contributed by atoms with Crippen molar-refractivity contribution in [3.63, 3.8) is 0 Å². The van der Waals surface area contributed by atoms with E-state index >= 15 is 0 Å². The molecular weight excluding hydrogens is 380 g/mol. The second kappa shape index (κ2) is 24.6.